The average Bonchev–Trinajstić information content (AvgIpc) is 3.38. The fourth-order valence-electron chi connectivity index (χ4n) is 3.84. The Balaban J connectivity index is 1.36. The van der Waals surface area contributed by atoms with Crippen molar-refractivity contribution in [3.05, 3.63) is 88.0 Å². The van der Waals surface area contributed by atoms with Gasteiger partial charge in [-0.15, -0.1) is 10.2 Å². The maximum atomic E-state index is 13.1. The van der Waals surface area contributed by atoms with Gasteiger partial charge >= 0.3 is 0 Å². The number of rotatable bonds is 9. The number of carbonyl (C=O) groups excluding carboxylic acids is 1. The van der Waals surface area contributed by atoms with Gasteiger partial charge in [-0.25, -0.2) is 4.39 Å². The van der Waals surface area contributed by atoms with Gasteiger partial charge in [-0.3, -0.25) is 4.79 Å². The number of benzene rings is 2. The molecule has 0 spiro atoms. The fourth-order valence-corrected chi connectivity index (χ4v) is 5.49. The van der Waals surface area contributed by atoms with Gasteiger partial charge < -0.3 is 9.88 Å². The molecule has 0 aliphatic carbocycles. The van der Waals surface area contributed by atoms with E-state index < -0.39 is 0 Å². The van der Waals surface area contributed by atoms with Crippen molar-refractivity contribution in [1.82, 2.24) is 14.8 Å². The predicted octanol–water partition coefficient (Wildman–Crippen LogP) is 6.67. The minimum atomic E-state index is -0.230. The molecule has 34 heavy (non-hydrogen) atoms. The van der Waals surface area contributed by atoms with E-state index in [9.17, 15) is 9.18 Å². The van der Waals surface area contributed by atoms with Crippen LogP contribution < -0.4 is 5.32 Å². The molecule has 5 nitrogen and oxygen atoms in total. The second-order valence-corrected chi connectivity index (χ2v) is 10.5. The Labute approximate surface area is 207 Å². The molecule has 0 unspecified atom stereocenters. The number of Topliss-reactive ketones (excluding diaryl/α,β-unsaturated/α-hetero) is 1. The highest BCUT2D eigenvalue weighted by molar-refractivity contribution is 8.01. The molecule has 2 heterocycles. The summed E-state index contributed by atoms with van der Waals surface area (Å²) in [4.78, 5) is 13.0. The van der Waals surface area contributed by atoms with Crippen molar-refractivity contribution in [2.45, 2.75) is 45.0 Å². The van der Waals surface area contributed by atoms with E-state index in [0.717, 1.165) is 45.5 Å². The van der Waals surface area contributed by atoms with E-state index in [1.165, 1.54) is 46.4 Å². The summed E-state index contributed by atoms with van der Waals surface area (Å²) in [5.41, 5.74) is 7.21. The zero-order chi connectivity index (χ0) is 24.2. The van der Waals surface area contributed by atoms with E-state index >= 15 is 0 Å². The molecule has 0 fully saturated rings. The maximum Gasteiger partial charge on any atom is 0.210 e. The van der Waals surface area contributed by atoms with Gasteiger partial charge in [0, 0.05) is 29.2 Å². The number of thioether (sulfide) groups is 1. The van der Waals surface area contributed by atoms with E-state index in [0.29, 0.717) is 10.9 Å². The van der Waals surface area contributed by atoms with E-state index in [4.69, 9.17) is 0 Å². The number of anilines is 2. The van der Waals surface area contributed by atoms with Crippen LogP contribution in [0.15, 0.2) is 52.9 Å². The summed E-state index contributed by atoms with van der Waals surface area (Å²) in [5.74, 6) is 0.150. The van der Waals surface area contributed by atoms with Crippen LogP contribution in [0.3, 0.4) is 0 Å². The maximum absolute atomic E-state index is 13.1. The highest BCUT2D eigenvalue weighted by atomic mass is 32.2. The molecule has 0 aliphatic rings. The number of ketones is 1. The van der Waals surface area contributed by atoms with Crippen LogP contribution >= 0.6 is 23.1 Å². The molecule has 0 radical (unpaired) electrons. The summed E-state index contributed by atoms with van der Waals surface area (Å²) >= 11 is 2.85. The van der Waals surface area contributed by atoms with Gasteiger partial charge in [0.15, 0.2) is 10.1 Å². The van der Waals surface area contributed by atoms with Gasteiger partial charge in [0.25, 0.3) is 0 Å². The van der Waals surface area contributed by atoms with E-state index in [1.807, 2.05) is 32.0 Å². The van der Waals surface area contributed by atoms with Crippen LogP contribution in [0.25, 0.3) is 0 Å². The Hall–Kier alpha value is -2.97. The second-order valence-electron chi connectivity index (χ2n) is 8.27. The number of hydrogen-bond acceptors (Lipinski definition) is 6. The minimum Gasteiger partial charge on any atom is -0.348 e. The Bertz CT molecular complexity index is 1310. The fraction of sp³-hybridized carbons (Fsp3) is 0.269. The lowest BCUT2D eigenvalue weighted by atomic mass is 10.1. The number of halogens is 1. The summed E-state index contributed by atoms with van der Waals surface area (Å²) in [7, 11) is 0. The van der Waals surface area contributed by atoms with Gasteiger partial charge in [-0.2, -0.15) is 0 Å². The molecule has 0 atom stereocenters. The molecule has 8 heteroatoms. The van der Waals surface area contributed by atoms with Crippen molar-refractivity contribution in [1.29, 1.82) is 0 Å². The lowest BCUT2D eigenvalue weighted by Crippen LogP contribution is -2.08. The van der Waals surface area contributed by atoms with Crippen LogP contribution in [-0.4, -0.2) is 26.3 Å². The van der Waals surface area contributed by atoms with Crippen LogP contribution in [0.5, 0.6) is 0 Å². The number of aromatic nitrogens is 3. The third-order valence-corrected chi connectivity index (χ3v) is 7.96. The van der Waals surface area contributed by atoms with Gasteiger partial charge in [0.1, 0.15) is 5.82 Å². The molecule has 0 bridgehead atoms. The first-order chi connectivity index (χ1) is 16.3. The number of carbonyl (C=O) groups is 1. The largest absolute Gasteiger partial charge is 0.348 e. The predicted molar refractivity (Wildman–Crippen MR) is 138 cm³/mol. The standard InChI is InChI=1S/C26H27FN4OS2/c1-16-6-5-7-23(18(16)3)28-25-29-30-26(34-25)33-15-24(32)22-14-17(2)31(19(22)4)13-12-20-8-10-21(27)11-9-20/h5-11,14H,12-13,15H2,1-4H3,(H,28,29). The molecule has 0 amide bonds. The first-order valence-corrected chi connectivity index (χ1v) is 12.9. The monoisotopic (exact) mass is 494 g/mol. The zero-order valence-corrected chi connectivity index (χ0v) is 21.3. The zero-order valence-electron chi connectivity index (χ0n) is 19.7. The second kappa shape index (κ2) is 10.5. The van der Waals surface area contributed by atoms with Crippen molar-refractivity contribution in [2.75, 3.05) is 11.1 Å². The molecular weight excluding hydrogens is 467 g/mol. The number of hydrogen-bond donors (Lipinski definition) is 1. The van der Waals surface area contributed by atoms with Crippen molar-refractivity contribution in [2.24, 2.45) is 0 Å². The van der Waals surface area contributed by atoms with E-state index in [-0.39, 0.29) is 11.6 Å². The molecule has 4 rings (SSSR count). The summed E-state index contributed by atoms with van der Waals surface area (Å²) in [6.45, 7) is 8.88. The third kappa shape index (κ3) is 5.56. The van der Waals surface area contributed by atoms with Crippen LogP contribution in [0, 0.1) is 33.5 Å². The lowest BCUT2D eigenvalue weighted by molar-refractivity contribution is 0.102. The summed E-state index contributed by atoms with van der Waals surface area (Å²) in [6, 6.07) is 14.6. The minimum absolute atomic E-state index is 0.0744. The number of nitrogens with zero attached hydrogens (tertiary/aromatic N) is 3. The van der Waals surface area contributed by atoms with Gasteiger partial charge in [0.05, 0.1) is 5.75 Å². The average molecular weight is 495 g/mol. The first kappa shape index (κ1) is 24.2. The molecule has 0 saturated heterocycles. The van der Waals surface area contributed by atoms with Crippen LogP contribution in [0.1, 0.15) is 38.4 Å². The molecular formula is C26H27FN4OS2. The molecule has 4 aromatic rings. The number of aryl methyl sites for hydroxylation is 3. The number of nitrogens with one attached hydrogen (secondary N) is 1. The van der Waals surface area contributed by atoms with Gasteiger partial charge in [0.2, 0.25) is 5.13 Å². The third-order valence-electron chi connectivity index (χ3n) is 5.99. The van der Waals surface area contributed by atoms with Crippen LogP contribution in [0.4, 0.5) is 15.2 Å². The van der Waals surface area contributed by atoms with E-state index in [2.05, 4.69) is 40.0 Å². The van der Waals surface area contributed by atoms with Crippen molar-refractivity contribution in [3.63, 3.8) is 0 Å². The lowest BCUT2D eigenvalue weighted by Gasteiger charge is -2.10. The van der Waals surface area contributed by atoms with Crippen molar-refractivity contribution in [3.8, 4) is 0 Å². The quantitative estimate of drug-likeness (QED) is 0.208. The molecule has 2 aromatic carbocycles. The Morgan fingerprint density at radius 3 is 2.62 bits per heavy atom. The van der Waals surface area contributed by atoms with Gasteiger partial charge in [-0.1, -0.05) is 47.4 Å². The molecule has 0 saturated carbocycles. The first-order valence-electron chi connectivity index (χ1n) is 11.1. The molecule has 176 valence electrons. The van der Waals surface area contributed by atoms with Crippen LogP contribution in [-0.2, 0) is 13.0 Å². The summed E-state index contributed by atoms with van der Waals surface area (Å²) < 4.78 is 16.0. The summed E-state index contributed by atoms with van der Waals surface area (Å²) in [6.07, 6.45) is 0.778. The topological polar surface area (TPSA) is 59.8 Å². The molecule has 0 aliphatic heterocycles. The highest BCUT2D eigenvalue weighted by Crippen LogP contribution is 2.30. The normalized spacial score (nSPS) is 11.1. The smallest absolute Gasteiger partial charge is 0.210 e. The van der Waals surface area contributed by atoms with Crippen LogP contribution in [0.2, 0.25) is 0 Å². The Morgan fingerprint density at radius 2 is 1.85 bits per heavy atom. The Kier molecular flexibility index (Phi) is 7.48. The highest BCUT2D eigenvalue weighted by Gasteiger charge is 2.17. The van der Waals surface area contributed by atoms with Gasteiger partial charge in [-0.05, 0) is 75.1 Å². The van der Waals surface area contributed by atoms with Crippen molar-refractivity contribution >= 4 is 39.7 Å². The van der Waals surface area contributed by atoms with Crippen molar-refractivity contribution < 1.29 is 9.18 Å². The van der Waals surface area contributed by atoms with E-state index in [1.54, 1.807) is 12.1 Å². The summed E-state index contributed by atoms with van der Waals surface area (Å²) in [5, 5.41) is 12.5. The Morgan fingerprint density at radius 1 is 1.09 bits per heavy atom. The molecule has 1 N–H and O–H groups in total. The molecule has 2 aromatic heterocycles. The SMILES string of the molecule is Cc1cccc(Nc2nnc(SCC(=O)c3cc(C)n(CCc4ccc(F)cc4)c3C)s2)c1C.